The number of anilines is 1. The molecule has 0 saturated carbocycles. The van der Waals surface area contributed by atoms with Crippen molar-refractivity contribution in [1.82, 2.24) is 5.32 Å². The van der Waals surface area contributed by atoms with Crippen LogP contribution in [0.2, 0.25) is 0 Å². The van der Waals surface area contributed by atoms with Gasteiger partial charge in [0.1, 0.15) is 17.5 Å². The molecule has 1 amide bonds. The van der Waals surface area contributed by atoms with Gasteiger partial charge in [0.05, 0.1) is 6.54 Å². The van der Waals surface area contributed by atoms with Gasteiger partial charge in [-0.2, -0.15) is 5.26 Å². The van der Waals surface area contributed by atoms with Crippen molar-refractivity contribution in [2.45, 2.75) is 6.29 Å². The van der Waals surface area contributed by atoms with Crippen molar-refractivity contribution in [3.8, 4) is 6.07 Å². The molecule has 0 bridgehead atoms. The van der Waals surface area contributed by atoms with Gasteiger partial charge in [-0.25, -0.2) is 4.39 Å². The third kappa shape index (κ3) is 5.60. The maximum Gasteiger partial charge on any atom is 0.267 e. The van der Waals surface area contributed by atoms with Crippen molar-refractivity contribution in [2.24, 2.45) is 0 Å². The average Bonchev–Trinajstić information content (AvgIpc) is 2.50. The summed E-state index contributed by atoms with van der Waals surface area (Å²) < 4.78 is 22.6. The summed E-state index contributed by atoms with van der Waals surface area (Å²) in [6.45, 7) is 0.280. The van der Waals surface area contributed by atoms with Gasteiger partial charge in [0.15, 0.2) is 6.29 Å². The number of ether oxygens (including phenoxy) is 2. The normalized spacial score (nSPS) is 11.1. The largest absolute Gasteiger partial charge is 0.385 e. The molecule has 0 unspecified atom stereocenters. The molecule has 7 heteroatoms. The van der Waals surface area contributed by atoms with E-state index in [1.54, 1.807) is 6.07 Å². The summed E-state index contributed by atoms with van der Waals surface area (Å²) in [5, 5.41) is 14.2. The number of benzene rings is 1. The summed E-state index contributed by atoms with van der Waals surface area (Å²) >= 11 is 0. The molecule has 21 heavy (non-hydrogen) atoms. The lowest BCUT2D eigenvalue weighted by Gasteiger charge is -2.12. The van der Waals surface area contributed by atoms with Gasteiger partial charge >= 0.3 is 0 Å². The SMILES string of the molecule is COC(CN/C=C(/C#N)C(=O)Nc1ccc(F)cc1)OC. The van der Waals surface area contributed by atoms with Gasteiger partial charge in [-0.3, -0.25) is 4.79 Å². The summed E-state index contributed by atoms with van der Waals surface area (Å²) in [5.41, 5.74) is 0.277. The number of nitrogens with one attached hydrogen (secondary N) is 2. The summed E-state index contributed by atoms with van der Waals surface area (Å²) in [6, 6.07) is 7.01. The monoisotopic (exact) mass is 293 g/mol. The average molecular weight is 293 g/mol. The Balaban J connectivity index is 2.60. The zero-order valence-corrected chi connectivity index (χ0v) is 11.7. The fraction of sp³-hybridized carbons (Fsp3) is 0.286. The summed E-state index contributed by atoms with van der Waals surface area (Å²) in [4.78, 5) is 11.8. The van der Waals surface area contributed by atoms with Crippen molar-refractivity contribution in [3.05, 3.63) is 41.9 Å². The van der Waals surface area contributed by atoms with Gasteiger partial charge in [0.25, 0.3) is 5.91 Å². The van der Waals surface area contributed by atoms with E-state index in [1.807, 2.05) is 0 Å². The summed E-state index contributed by atoms with van der Waals surface area (Å²) in [7, 11) is 2.96. The number of hydrogen-bond donors (Lipinski definition) is 2. The molecule has 0 saturated heterocycles. The number of hydrogen-bond acceptors (Lipinski definition) is 5. The number of rotatable bonds is 7. The topological polar surface area (TPSA) is 83.4 Å². The maximum atomic E-state index is 12.7. The number of nitrogens with zero attached hydrogens (tertiary/aromatic N) is 1. The molecule has 6 nitrogen and oxygen atoms in total. The maximum absolute atomic E-state index is 12.7. The number of carbonyl (C=O) groups is 1. The van der Waals surface area contributed by atoms with Crippen molar-refractivity contribution < 1.29 is 18.7 Å². The van der Waals surface area contributed by atoms with Gasteiger partial charge in [-0.05, 0) is 24.3 Å². The first-order chi connectivity index (χ1) is 10.1. The molecular weight excluding hydrogens is 277 g/mol. The van der Waals surface area contributed by atoms with Gasteiger partial charge in [0.2, 0.25) is 0 Å². The number of amides is 1. The van der Waals surface area contributed by atoms with E-state index in [0.29, 0.717) is 5.69 Å². The molecule has 0 aliphatic carbocycles. The second-order valence-corrected chi connectivity index (χ2v) is 3.94. The van der Waals surface area contributed by atoms with E-state index in [-0.39, 0.29) is 12.1 Å². The third-order valence-electron chi connectivity index (χ3n) is 2.52. The van der Waals surface area contributed by atoms with Crippen LogP contribution >= 0.6 is 0 Å². The molecule has 0 spiro atoms. The van der Waals surface area contributed by atoms with Gasteiger partial charge < -0.3 is 20.1 Å². The van der Waals surface area contributed by atoms with Crippen LogP contribution < -0.4 is 10.6 Å². The van der Waals surface area contributed by atoms with E-state index in [4.69, 9.17) is 14.7 Å². The molecule has 112 valence electrons. The minimum absolute atomic E-state index is 0.120. The summed E-state index contributed by atoms with van der Waals surface area (Å²) in [6.07, 6.45) is 0.783. The van der Waals surface area contributed by atoms with Crippen LogP contribution in [0.25, 0.3) is 0 Å². The van der Waals surface area contributed by atoms with E-state index < -0.39 is 18.0 Å². The highest BCUT2D eigenvalue weighted by molar-refractivity contribution is 6.06. The van der Waals surface area contributed by atoms with E-state index in [0.717, 1.165) is 0 Å². The molecule has 0 aliphatic heterocycles. The Kier molecular flexibility index (Phi) is 6.87. The first kappa shape index (κ1) is 16.6. The Hall–Kier alpha value is -2.43. The van der Waals surface area contributed by atoms with E-state index in [9.17, 15) is 9.18 Å². The van der Waals surface area contributed by atoms with Crippen LogP contribution in [0.1, 0.15) is 0 Å². The van der Waals surface area contributed by atoms with Crippen molar-refractivity contribution in [3.63, 3.8) is 0 Å². The van der Waals surface area contributed by atoms with Crippen LogP contribution in [0.15, 0.2) is 36.0 Å². The number of carbonyl (C=O) groups excluding carboxylic acids is 1. The highest BCUT2D eigenvalue weighted by atomic mass is 19.1. The molecule has 0 aliphatic rings. The van der Waals surface area contributed by atoms with Crippen LogP contribution in [0.5, 0.6) is 0 Å². The highest BCUT2D eigenvalue weighted by Crippen LogP contribution is 2.09. The predicted octanol–water partition coefficient (Wildman–Crippen LogP) is 1.38. The molecule has 2 N–H and O–H groups in total. The Bertz CT molecular complexity index is 533. The molecule has 1 aromatic carbocycles. The standard InChI is InChI=1S/C14H16FN3O3/c1-20-13(21-2)9-17-8-10(7-16)14(19)18-12-5-3-11(15)4-6-12/h3-6,8,13,17H,9H2,1-2H3,(H,18,19)/b10-8-. The highest BCUT2D eigenvalue weighted by Gasteiger charge is 2.10. The van der Waals surface area contributed by atoms with Crippen LogP contribution in [0.3, 0.4) is 0 Å². The first-order valence-electron chi connectivity index (χ1n) is 6.07. The zero-order valence-electron chi connectivity index (χ0n) is 11.7. The molecular formula is C14H16FN3O3. The zero-order chi connectivity index (χ0) is 15.7. The molecule has 0 heterocycles. The van der Waals surface area contributed by atoms with Gasteiger partial charge in [-0.1, -0.05) is 0 Å². The van der Waals surface area contributed by atoms with Crippen molar-refractivity contribution >= 4 is 11.6 Å². The molecule has 0 aromatic heterocycles. The van der Waals surface area contributed by atoms with Gasteiger partial charge in [-0.15, -0.1) is 0 Å². The number of nitriles is 1. The minimum atomic E-state index is -0.594. The second-order valence-electron chi connectivity index (χ2n) is 3.94. The molecule has 0 radical (unpaired) electrons. The van der Waals surface area contributed by atoms with Gasteiger partial charge in [0, 0.05) is 26.1 Å². The molecule has 0 atom stereocenters. The van der Waals surface area contributed by atoms with E-state index in [2.05, 4.69) is 10.6 Å². The third-order valence-corrected chi connectivity index (χ3v) is 2.52. The Morgan fingerprint density at radius 1 is 1.38 bits per heavy atom. The lowest BCUT2D eigenvalue weighted by atomic mass is 10.2. The molecule has 1 rings (SSSR count). The quantitative estimate of drug-likeness (QED) is 0.451. The van der Waals surface area contributed by atoms with Crippen LogP contribution in [0.4, 0.5) is 10.1 Å². The Labute approximate surface area is 122 Å². The van der Waals surface area contributed by atoms with E-state index >= 15 is 0 Å². The lowest BCUT2D eigenvalue weighted by molar-refractivity contribution is -0.112. The Morgan fingerprint density at radius 2 is 2.00 bits per heavy atom. The fourth-order valence-electron chi connectivity index (χ4n) is 1.40. The molecule has 1 aromatic rings. The van der Waals surface area contributed by atoms with Crippen LogP contribution in [-0.4, -0.2) is 33.0 Å². The fourth-order valence-corrected chi connectivity index (χ4v) is 1.40. The van der Waals surface area contributed by atoms with Crippen LogP contribution in [0, 0.1) is 17.1 Å². The lowest BCUT2D eigenvalue weighted by Crippen LogP contribution is -2.27. The van der Waals surface area contributed by atoms with Crippen molar-refractivity contribution in [2.75, 3.05) is 26.1 Å². The predicted molar refractivity (Wildman–Crippen MR) is 74.5 cm³/mol. The van der Waals surface area contributed by atoms with E-state index in [1.165, 1.54) is 44.7 Å². The second kappa shape index (κ2) is 8.68. The minimum Gasteiger partial charge on any atom is -0.385 e. The smallest absolute Gasteiger partial charge is 0.267 e. The first-order valence-corrected chi connectivity index (χ1v) is 6.07. The van der Waals surface area contributed by atoms with Crippen molar-refractivity contribution in [1.29, 1.82) is 5.26 Å². The Morgan fingerprint density at radius 3 is 2.52 bits per heavy atom. The molecule has 0 fully saturated rings. The number of halogens is 1. The van der Waals surface area contributed by atoms with Crippen LogP contribution in [-0.2, 0) is 14.3 Å². The summed E-state index contributed by atoms with van der Waals surface area (Å²) in [5.74, 6) is -1.00. The number of methoxy groups -OCH3 is 2.